The lowest BCUT2D eigenvalue weighted by atomic mass is 10.3. The molecule has 2 aromatic rings. The normalized spacial score (nSPS) is 10.6. The predicted octanol–water partition coefficient (Wildman–Crippen LogP) is 1.39. The van der Waals surface area contributed by atoms with E-state index in [1.807, 2.05) is 12.1 Å². The van der Waals surface area contributed by atoms with Crippen LogP contribution in [0.3, 0.4) is 0 Å². The van der Waals surface area contributed by atoms with Gasteiger partial charge >= 0.3 is 0 Å². The SMILES string of the molecule is OCCc1coc(Cc2ccco2)n1. The second-order valence-corrected chi connectivity index (χ2v) is 2.96. The van der Waals surface area contributed by atoms with Gasteiger partial charge in [-0.3, -0.25) is 0 Å². The zero-order chi connectivity index (χ0) is 9.80. The minimum absolute atomic E-state index is 0.0900. The molecule has 0 aliphatic carbocycles. The quantitative estimate of drug-likeness (QED) is 0.797. The summed E-state index contributed by atoms with van der Waals surface area (Å²) in [7, 11) is 0. The molecule has 0 radical (unpaired) electrons. The Bertz CT molecular complexity index is 378. The summed E-state index contributed by atoms with van der Waals surface area (Å²) in [5, 5.41) is 8.69. The molecule has 0 unspecified atom stereocenters. The number of rotatable bonds is 4. The maximum Gasteiger partial charge on any atom is 0.201 e. The van der Waals surface area contributed by atoms with Crippen LogP contribution >= 0.6 is 0 Å². The highest BCUT2D eigenvalue weighted by Crippen LogP contribution is 2.09. The van der Waals surface area contributed by atoms with Crippen molar-refractivity contribution in [1.82, 2.24) is 4.98 Å². The number of furan rings is 1. The summed E-state index contributed by atoms with van der Waals surface area (Å²) in [6.07, 6.45) is 4.27. The van der Waals surface area contributed by atoms with Crippen LogP contribution in [0.4, 0.5) is 0 Å². The molecule has 4 heteroatoms. The van der Waals surface area contributed by atoms with E-state index in [0.717, 1.165) is 11.5 Å². The lowest BCUT2D eigenvalue weighted by Gasteiger charge is -1.89. The molecule has 0 saturated carbocycles. The fourth-order valence-electron chi connectivity index (χ4n) is 1.22. The van der Waals surface area contributed by atoms with Crippen LogP contribution in [0.25, 0.3) is 0 Å². The van der Waals surface area contributed by atoms with E-state index in [9.17, 15) is 0 Å². The number of aliphatic hydroxyl groups is 1. The molecule has 1 N–H and O–H groups in total. The Morgan fingerprint density at radius 3 is 3.00 bits per heavy atom. The summed E-state index contributed by atoms with van der Waals surface area (Å²) in [4.78, 5) is 4.19. The van der Waals surface area contributed by atoms with Crippen molar-refractivity contribution in [3.05, 3.63) is 42.0 Å². The van der Waals surface area contributed by atoms with E-state index in [2.05, 4.69) is 4.98 Å². The Morgan fingerprint density at radius 2 is 2.29 bits per heavy atom. The van der Waals surface area contributed by atoms with E-state index in [0.29, 0.717) is 18.7 Å². The van der Waals surface area contributed by atoms with Crippen molar-refractivity contribution in [3.8, 4) is 0 Å². The van der Waals surface area contributed by atoms with Crippen molar-refractivity contribution in [2.24, 2.45) is 0 Å². The number of hydrogen-bond acceptors (Lipinski definition) is 4. The van der Waals surface area contributed by atoms with Gasteiger partial charge in [0.2, 0.25) is 5.89 Å². The van der Waals surface area contributed by atoms with Crippen molar-refractivity contribution in [3.63, 3.8) is 0 Å². The maximum atomic E-state index is 8.69. The molecule has 0 fully saturated rings. The fraction of sp³-hybridized carbons (Fsp3) is 0.300. The first-order valence-electron chi connectivity index (χ1n) is 4.45. The lowest BCUT2D eigenvalue weighted by Crippen LogP contribution is -1.92. The third-order valence-electron chi connectivity index (χ3n) is 1.87. The van der Waals surface area contributed by atoms with Crippen LogP contribution in [0.1, 0.15) is 17.3 Å². The highest BCUT2D eigenvalue weighted by molar-refractivity contribution is 5.06. The van der Waals surface area contributed by atoms with Gasteiger partial charge in [0.1, 0.15) is 12.0 Å². The van der Waals surface area contributed by atoms with Gasteiger partial charge in [-0.15, -0.1) is 0 Å². The van der Waals surface area contributed by atoms with Crippen LogP contribution in [-0.4, -0.2) is 16.7 Å². The van der Waals surface area contributed by atoms with Crippen LogP contribution in [0, 0.1) is 0 Å². The predicted molar refractivity (Wildman–Crippen MR) is 48.8 cm³/mol. The van der Waals surface area contributed by atoms with Crippen LogP contribution in [0.5, 0.6) is 0 Å². The second kappa shape index (κ2) is 4.11. The van der Waals surface area contributed by atoms with E-state index in [-0.39, 0.29) is 6.61 Å². The second-order valence-electron chi connectivity index (χ2n) is 2.96. The molecule has 4 nitrogen and oxygen atoms in total. The van der Waals surface area contributed by atoms with Gasteiger partial charge in [-0.05, 0) is 12.1 Å². The summed E-state index contributed by atoms with van der Waals surface area (Å²) in [6, 6.07) is 3.70. The third-order valence-corrected chi connectivity index (χ3v) is 1.87. The molecule has 74 valence electrons. The molecule has 2 rings (SSSR count). The molecule has 0 bridgehead atoms. The van der Waals surface area contributed by atoms with Crippen molar-refractivity contribution >= 4 is 0 Å². The van der Waals surface area contributed by atoms with Gasteiger partial charge in [0.05, 0.1) is 18.4 Å². The van der Waals surface area contributed by atoms with Crippen LogP contribution in [0.15, 0.2) is 33.5 Å². The summed E-state index contributed by atoms with van der Waals surface area (Å²) in [5.41, 5.74) is 0.772. The van der Waals surface area contributed by atoms with E-state index in [1.165, 1.54) is 0 Å². The van der Waals surface area contributed by atoms with Gasteiger partial charge in [0, 0.05) is 13.0 Å². The summed E-state index contributed by atoms with van der Waals surface area (Å²) >= 11 is 0. The first kappa shape index (κ1) is 9.02. The average Bonchev–Trinajstić information content (AvgIpc) is 2.79. The molecule has 0 amide bonds. The number of hydrogen-bond donors (Lipinski definition) is 1. The summed E-state index contributed by atoms with van der Waals surface area (Å²) < 4.78 is 10.4. The topological polar surface area (TPSA) is 59.4 Å². The van der Waals surface area contributed by atoms with Crippen LogP contribution in [0.2, 0.25) is 0 Å². The first-order chi connectivity index (χ1) is 6.88. The molecule has 2 aromatic heterocycles. The van der Waals surface area contributed by atoms with Crippen molar-refractivity contribution in [2.75, 3.05) is 6.61 Å². The minimum Gasteiger partial charge on any atom is -0.469 e. The van der Waals surface area contributed by atoms with Crippen molar-refractivity contribution in [2.45, 2.75) is 12.8 Å². The zero-order valence-corrected chi connectivity index (χ0v) is 7.64. The molecular formula is C10H11NO3. The minimum atomic E-state index is 0.0900. The van der Waals surface area contributed by atoms with Crippen LogP contribution in [-0.2, 0) is 12.8 Å². The van der Waals surface area contributed by atoms with Gasteiger partial charge in [-0.1, -0.05) is 0 Å². The van der Waals surface area contributed by atoms with Gasteiger partial charge in [0.15, 0.2) is 0 Å². The molecule has 0 atom stereocenters. The number of aromatic nitrogens is 1. The highest BCUT2D eigenvalue weighted by atomic mass is 16.4. The monoisotopic (exact) mass is 193 g/mol. The molecule has 0 saturated heterocycles. The molecule has 2 heterocycles. The molecule has 14 heavy (non-hydrogen) atoms. The number of nitrogens with zero attached hydrogens (tertiary/aromatic N) is 1. The van der Waals surface area contributed by atoms with Crippen LogP contribution < -0.4 is 0 Å². The van der Waals surface area contributed by atoms with E-state index in [1.54, 1.807) is 12.5 Å². The Kier molecular flexibility index (Phi) is 2.65. The molecular weight excluding hydrogens is 182 g/mol. The average molecular weight is 193 g/mol. The number of oxazole rings is 1. The fourth-order valence-corrected chi connectivity index (χ4v) is 1.22. The molecule has 0 aromatic carbocycles. The Morgan fingerprint density at radius 1 is 1.36 bits per heavy atom. The van der Waals surface area contributed by atoms with E-state index in [4.69, 9.17) is 13.9 Å². The summed E-state index contributed by atoms with van der Waals surface area (Å²) in [5.74, 6) is 1.44. The smallest absolute Gasteiger partial charge is 0.201 e. The van der Waals surface area contributed by atoms with Crippen molar-refractivity contribution in [1.29, 1.82) is 0 Å². The maximum absolute atomic E-state index is 8.69. The summed E-state index contributed by atoms with van der Waals surface area (Å²) in [6.45, 7) is 0.0900. The molecule has 0 aliphatic rings. The Balaban J connectivity index is 2.03. The Hall–Kier alpha value is -1.55. The van der Waals surface area contributed by atoms with Gasteiger partial charge in [-0.25, -0.2) is 4.98 Å². The van der Waals surface area contributed by atoms with Gasteiger partial charge < -0.3 is 13.9 Å². The zero-order valence-electron chi connectivity index (χ0n) is 7.64. The largest absolute Gasteiger partial charge is 0.469 e. The van der Waals surface area contributed by atoms with Gasteiger partial charge in [-0.2, -0.15) is 0 Å². The molecule has 0 spiro atoms. The molecule has 0 aliphatic heterocycles. The first-order valence-corrected chi connectivity index (χ1v) is 4.45. The van der Waals surface area contributed by atoms with E-state index < -0.39 is 0 Å². The Labute approximate surface area is 81.2 Å². The van der Waals surface area contributed by atoms with Crippen molar-refractivity contribution < 1.29 is 13.9 Å². The van der Waals surface area contributed by atoms with E-state index >= 15 is 0 Å². The lowest BCUT2D eigenvalue weighted by molar-refractivity contribution is 0.298. The third kappa shape index (κ3) is 2.03. The number of aliphatic hydroxyl groups excluding tert-OH is 1. The van der Waals surface area contributed by atoms with Gasteiger partial charge in [0.25, 0.3) is 0 Å². The highest BCUT2D eigenvalue weighted by Gasteiger charge is 2.05. The standard InChI is InChI=1S/C10H11NO3/c12-4-3-8-7-14-10(11-8)6-9-2-1-5-13-9/h1-2,5,7,12H,3-4,6H2.